The van der Waals surface area contributed by atoms with Crippen LogP contribution in [-0.2, 0) is 11.3 Å². The van der Waals surface area contributed by atoms with Crippen LogP contribution in [0.1, 0.15) is 18.4 Å². The topological polar surface area (TPSA) is 59.6 Å². The summed E-state index contributed by atoms with van der Waals surface area (Å²) in [6.07, 6.45) is 1.67. The first-order valence-corrected chi connectivity index (χ1v) is 8.31. The highest BCUT2D eigenvalue weighted by molar-refractivity contribution is 5.89. The first-order valence-electron chi connectivity index (χ1n) is 8.31. The average Bonchev–Trinajstić information content (AvgIpc) is 2.62. The fourth-order valence-electron chi connectivity index (χ4n) is 2.62. The van der Waals surface area contributed by atoms with Crippen molar-refractivity contribution in [1.29, 1.82) is 0 Å². The predicted molar refractivity (Wildman–Crippen MR) is 93.2 cm³/mol. The predicted octanol–water partition coefficient (Wildman–Crippen LogP) is 3.71. The van der Waals surface area contributed by atoms with Crippen molar-refractivity contribution in [2.75, 3.05) is 18.5 Å². The van der Waals surface area contributed by atoms with Crippen molar-refractivity contribution < 1.29 is 18.7 Å². The van der Waals surface area contributed by atoms with Crippen LogP contribution < -0.4 is 15.4 Å². The molecule has 25 heavy (non-hydrogen) atoms. The molecule has 1 aliphatic heterocycles. The molecule has 3 rings (SSSR count). The second-order valence-electron chi connectivity index (χ2n) is 5.93. The van der Waals surface area contributed by atoms with Gasteiger partial charge in [-0.1, -0.05) is 12.1 Å². The van der Waals surface area contributed by atoms with Gasteiger partial charge in [0.2, 0.25) is 0 Å². The van der Waals surface area contributed by atoms with E-state index in [1.807, 2.05) is 0 Å². The van der Waals surface area contributed by atoms with Gasteiger partial charge in [0.1, 0.15) is 18.2 Å². The molecule has 0 atom stereocenters. The molecule has 2 aromatic rings. The van der Waals surface area contributed by atoms with Crippen LogP contribution in [-0.4, -0.2) is 25.3 Å². The smallest absolute Gasteiger partial charge is 0.319 e. The summed E-state index contributed by atoms with van der Waals surface area (Å²) in [5.74, 6) is 0.371. The van der Waals surface area contributed by atoms with E-state index in [4.69, 9.17) is 9.47 Å². The summed E-state index contributed by atoms with van der Waals surface area (Å²) >= 11 is 0. The van der Waals surface area contributed by atoms with Crippen molar-refractivity contribution in [3.05, 3.63) is 59.9 Å². The molecular weight excluding hydrogens is 323 g/mol. The first kappa shape index (κ1) is 17.2. The lowest BCUT2D eigenvalue weighted by molar-refractivity contribution is 0.0806. The highest BCUT2D eigenvalue weighted by Crippen LogP contribution is 2.17. The largest absolute Gasteiger partial charge is 0.489 e. The Labute approximate surface area is 146 Å². The summed E-state index contributed by atoms with van der Waals surface area (Å²) in [7, 11) is 0. The molecule has 1 saturated heterocycles. The minimum atomic E-state index is -0.281. The summed E-state index contributed by atoms with van der Waals surface area (Å²) in [6.45, 7) is 1.65. The number of halogens is 1. The molecule has 2 amide bonds. The van der Waals surface area contributed by atoms with Crippen LogP contribution in [0.4, 0.5) is 14.9 Å². The number of nitrogens with one attached hydrogen (secondary N) is 2. The number of rotatable bonds is 5. The van der Waals surface area contributed by atoms with Crippen LogP contribution in [0.15, 0.2) is 48.5 Å². The quantitative estimate of drug-likeness (QED) is 0.869. The number of carbonyl (C=O) groups is 1. The van der Waals surface area contributed by atoms with Crippen LogP contribution >= 0.6 is 0 Å². The van der Waals surface area contributed by atoms with Gasteiger partial charge in [0, 0.05) is 24.9 Å². The third-order valence-electron chi connectivity index (χ3n) is 3.96. The highest BCUT2D eigenvalue weighted by Gasteiger charge is 2.15. The Balaban J connectivity index is 1.47. The number of benzene rings is 2. The van der Waals surface area contributed by atoms with E-state index >= 15 is 0 Å². The van der Waals surface area contributed by atoms with E-state index in [0.29, 0.717) is 24.7 Å². The Morgan fingerprint density at radius 3 is 2.64 bits per heavy atom. The number of anilines is 1. The van der Waals surface area contributed by atoms with E-state index in [9.17, 15) is 9.18 Å². The maximum absolute atomic E-state index is 13.1. The maximum atomic E-state index is 13.1. The molecule has 1 fully saturated rings. The molecule has 2 aromatic carbocycles. The molecule has 6 heteroatoms. The fourth-order valence-corrected chi connectivity index (χ4v) is 2.62. The summed E-state index contributed by atoms with van der Waals surface area (Å²) < 4.78 is 24.0. The number of hydrogen-bond acceptors (Lipinski definition) is 3. The number of amides is 2. The van der Waals surface area contributed by atoms with E-state index < -0.39 is 0 Å². The van der Waals surface area contributed by atoms with Gasteiger partial charge in [-0.15, -0.1) is 0 Å². The zero-order chi connectivity index (χ0) is 17.5. The van der Waals surface area contributed by atoms with Crippen LogP contribution in [0.25, 0.3) is 0 Å². The average molecular weight is 344 g/mol. The van der Waals surface area contributed by atoms with E-state index in [2.05, 4.69) is 10.6 Å². The molecule has 2 N–H and O–H groups in total. The molecule has 0 saturated carbocycles. The maximum Gasteiger partial charge on any atom is 0.319 e. The van der Waals surface area contributed by atoms with Gasteiger partial charge in [0.15, 0.2) is 0 Å². The Hall–Kier alpha value is -2.60. The highest BCUT2D eigenvalue weighted by atomic mass is 19.1. The molecule has 0 spiro atoms. The van der Waals surface area contributed by atoms with Crippen LogP contribution in [0.2, 0.25) is 0 Å². The number of urea groups is 1. The minimum Gasteiger partial charge on any atom is -0.489 e. The lowest BCUT2D eigenvalue weighted by Crippen LogP contribution is -2.41. The van der Waals surface area contributed by atoms with Crippen LogP contribution in [0.3, 0.4) is 0 Å². The van der Waals surface area contributed by atoms with Gasteiger partial charge in [-0.2, -0.15) is 0 Å². The van der Waals surface area contributed by atoms with Gasteiger partial charge in [-0.3, -0.25) is 0 Å². The van der Waals surface area contributed by atoms with Crippen LogP contribution in [0.5, 0.6) is 5.75 Å². The van der Waals surface area contributed by atoms with E-state index in [1.165, 1.54) is 12.1 Å². The second kappa shape index (κ2) is 8.48. The molecule has 0 aromatic heterocycles. The zero-order valence-corrected chi connectivity index (χ0v) is 13.8. The Morgan fingerprint density at radius 2 is 1.92 bits per heavy atom. The van der Waals surface area contributed by atoms with E-state index in [1.54, 1.807) is 36.4 Å². The monoisotopic (exact) mass is 344 g/mol. The van der Waals surface area contributed by atoms with Gasteiger partial charge in [0.05, 0.1) is 0 Å². The fraction of sp³-hybridized carbons (Fsp3) is 0.316. The number of ether oxygens (including phenoxy) is 2. The molecule has 0 bridgehead atoms. The van der Waals surface area contributed by atoms with Crippen molar-refractivity contribution in [3.8, 4) is 5.75 Å². The minimum absolute atomic E-state index is 0.155. The standard InChI is InChI=1S/C19H21FN2O3/c20-15-3-1-2-14(12-15)13-25-18-6-4-16(5-7-18)21-19(23)22-17-8-10-24-11-9-17/h1-7,12,17H,8-11,13H2,(H2,21,22,23). The third-order valence-corrected chi connectivity index (χ3v) is 3.96. The Kier molecular flexibility index (Phi) is 5.85. The number of carbonyl (C=O) groups excluding carboxylic acids is 1. The van der Waals surface area contributed by atoms with Gasteiger partial charge >= 0.3 is 6.03 Å². The van der Waals surface area contributed by atoms with Crippen molar-refractivity contribution in [1.82, 2.24) is 5.32 Å². The summed E-state index contributed by atoms with van der Waals surface area (Å²) in [6, 6.07) is 13.3. The van der Waals surface area contributed by atoms with Gasteiger partial charge in [0.25, 0.3) is 0 Å². The zero-order valence-electron chi connectivity index (χ0n) is 13.8. The second-order valence-corrected chi connectivity index (χ2v) is 5.93. The lowest BCUT2D eigenvalue weighted by Gasteiger charge is -2.23. The van der Waals surface area contributed by atoms with E-state index in [-0.39, 0.29) is 24.5 Å². The molecule has 5 nitrogen and oxygen atoms in total. The van der Waals surface area contributed by atoms with E-state index in [0.717, 1.165) is 18.4 Å². The van der Waals surface area contributed by atoms with Crippen molar-refractivity contribution in [2.45, 2.75) is 25.5 Å². The summed E-state index contributed by atoms with van der Waals surface area (Å²) in [5.41, 5.74) is 1.45. The normalized spacial score (nSPS) is 14.8. The van der Waals surface area contributed by atoms with Crippen molar-refractivity contribution >= 4 is 11.7 Å². The SMILES string of the molecule is O=C(Nc1ccc(OCc2cccc(F)c2)cc1)NC1CCOCC1. The van der Waals surface area contributed by atoms with Gasteiger partial charge in [-0.25, -0.2) is 9.18 Å². The Morgan fingerprint density at radius 1 is 1.16 bits per heavy atom. The number of hydrogen-bond donors (Lipinski definition) is 2. The molecule has 0 unspecified atom stereocenters. The molecule has 0 radical (unpaired) electrons. The summed E-state index contributed by atoms with van der Waals surface area (Å²) in [5, 5.41) is 5.74. The molecular formula is C19H21FN2O3. The molecule has 1 aliphatic rings. The van der Waals surface area contributed by atoms with Crippen LogP contribution in [0, 0.1) is 5.82 Å². The first-order chi connectivity index (χ1) is 12.2. The van der Waals surface area contributed by atoms with Gasteiger partial charge < -0.3 is 20.1 Å². The molecule has 0 aliphatic carbocycles. The van der Waals surface area contributed by atoms with Gasteiger partial charge in [-0.05, 0) is 54.8 Å². The lowest BCUT2D eigenvalue weighted by atomic mass is 10.1. The van der Waals surface area contributed by atoms with Crippen molar-refractivity contribution in [3.63, 3.8) is 0 Å². The molecule has 132 valence electrons. The Bertz CT molecular complexity index is 700. The molecule has 1 heterocycles. The van der Waals surface area contributed by atoms with Crippen molar-refractivity contribution in [2.24, 2.45) is 0 Å². The summed E-state index contributed by atoms with van der Waals surface area (Å²) in [4.78, 5) is 12.0. The third kappa shape index (κ3) is 5.46.